The number of methoxy groups -OCH3 is 1. The van der Waals surface area contributed by atoms with Crippen LogP contribution in [0.5, 0.6) is 11.5 Å². The summed E-state index contributed by atoms with van der Waals surface area (Å²) in [6, 6.07) is 12.2. The van der Waals surface area contributed by atoms with E-state index in [0.29, 0.717) is 16.3 Å². The van der Waals surface area contributed by atoms with Gasteiger partial charge in [0.25, 0.3) is 5.91 Å². The SMILES string of the molecule is COc1ccc(NC(=O)c2cn3c(n2)sc2cc(O)ccc23)cc1. The number of hydrogen-bond acceptors (Lipinski definition) is 5. The minimum absolute atomic E-state index is 0.212. The maximum Gasteiger partial charge on any atom is 0.275 e. The molecule has 7 heteroatoms. The van der Waals surface area contributed by atoms with Gasteiger partial charge in [0, 0.05) is 11.9 Å². The average molecular weight is 339 g/mol. The fourth-order valence-corrected chi connectivity index (χ4v) is 3.51. The maximum atomic E-state index is 12.4. The van der Waals surface area contributed by atoms with E-state index in [1.165, 1.54) is 11.3 Å². The van der Waals surface area contributed by atoms with Crippen molar-refractivity contribution in [3.8, 4) is 11.5 Å². The summed E-state index contributed by atoms with van der Waals surface area (Å²) in [5.41, 5.74) is 1.92. The van der Waals surface area contributed by atoms with Crippen LogP contribution in [0.3, 0.4) is 0 Å². The molecule has 0 fully saturated rings. The number of carbonyl (C=O) groups is 1. The van der Waals surface area contributed by atoms with Gasteiger partial charge in [0.15, 0.2) is 4.96 Å². The van der Waals surface area contributed by atoms with Crippen molar-refractivity contribution >= 4 is 38.1 Å². The Kier molecular flexibility index (Phi) is 3.35. The molecule has 120 valence electrons. The highest BCUT2D eigenvalue weighted by Gasteiger charge is 2.14. The monoisotopic (exact) mass is 339 g/mol. The Bertz CT molecular complexity index is 1050. The molecule has 2 heterocycles. The number of nitrogens with one attached hydrogen (secondary N) is 1. The van der Waals surface area contributed by atoms with Crippen LogP contribution >= 0.6 is 11.3 Å². The number of hydrogen-bond donors (Lipinski definition) is 2. The van der Waals surface area contributed by atoms with Crippen molar-refractivity contribution in [1.82, 2.24) is 9.38 Å². The summed E-state index contributed by atoms with van der Waals surface area (Å²) in [6.07, 6.45) is 1.70. The number of nitrogens with zero attached hydrogens (tertiary/aromatic N) is 2. The van der Waals surface area contributed by atoms with E-state index in [4.69, 9.17) is 4.74 Å². The third kappa shape index (κ3) is 2.44. The summed E-state index contributed by atoms with van der Waals surface area (Å²) in [6.45, 7) is 0. The third-order valence-corrected chi connectivity index (χ3v) is 4.68. The number of ether oxygens (including phenoxy) is 1. The largest absolute Gasteiger partial charge is 0.508 e. The highest BCUT2D eigenvalue weighted by molar-refractivity contribution is 7.23. The fourth-order valence-electron chi connectivity index (χ4n) is 2.47. The molecule has 0 saturated carbocycles. The number of phenolic OH excluding ortho intramolecular Hbond substituents is 1. The van der Waals surface area contributed by atoms with Crippen LogP contribution in [0.1, 0.15) is 10.5 Å². The van der Waals surface area contributed by atoms with Crippen molar-refractivity contribution in [2.24, 2.45) is 0 Å². The van der Waals surface area contributed by atoms with Crippen LogP contribution in [-0.4, -0.2) is 27.5 Å². The van der Waals surface area contributed by atoms with E-state index in [1.54, 1.807) is 55.8 Å². The number of benzene rings is 2. The molecule has 0 saturated heterocycles. The number of aromatic nitrogens is 2. The second-order valence-corrected chi connectivity index (χ2v) is 6.22. The average Bonchev–Trinajstić information content (AvgIpc) is 3.12. The predicted molar refractivity (Wildman–Crippen MR) is 93.2 cm³/mol. The summed E-state index contributed by atoms with van der Waals surface area (Å²) >= 11 is 1.42. The quantitative estimate of drug-likeness (QED) is 0.599. The Morgan fingerprint density at radius 1 is 1.25 bits per heavy atom. The molecule has 0 aliphatic heterocycles. The minimum Gasteiger partial charge on any atom is -0.508 e. The van der Waals surface area contributed by atoms with E-state index in [2.05, 4.69) is 10.3 Å². The number of fused-ring (bicyclic) bond motifs is 3. The van der Waals surface area contributed by atoms with Gasteiger partial charge in [0.2, 0.25) is 0 Å². The first-order chi connectivity index (χ1) is 11.6. The number of aromatic hydroxyl groups is 1. The van der Waals surface area contributed by atoms with Crippen LogP contribution < -0.4 is 10.1 Å². The number of carbonyl (C=O) groups excluding carboxylic acids is 1. The summed E-state index contributed by atoms with van der Waals surface area (Å²) in [4.78, 5) is 17.4. The minimum atomic E-state index is -0.275. The molecule has 2 N–H and O–H groups in total. The van der Waals surface area contributed by atoms with Gasteiger partial charge in [-0.05, 0) is 42.5 Å². The highest BCUT2D eigenvalue weighted by Crippen LogP contribution is 2.29. The molecular weight excluding hydrogens is 326 g/mol. The van der Waals surface area contributed by atoms with Gasteiger partial charge in [-0.25, -0.2) is 4.98 Å². The first-order valence-electron chi connectivity index (χ1n) is 7.20. The Morgan fingerprint density at radius 3 is 2.79 bits per heavy atom. The van der Waals surface area contributed by atoms with Crippen molar-refractivity contribution < 1.29 is 14.6 Å². The summed E-state index contributed by atoms with van der Waals surface area (Å²) in [5.74, 6) is 0.665. The second kappa shape index (κ2) is 5.54. The first kappa shape index (κ1) is 14.5. The van der Waals surface area contributed by atoms with Gasteiger partial charge in [-0.1, -0.05) is 11.3 Å². The molecule has 2 aromatic carbocycles. The molecule has 4 rings (SSSR count). The first-order valence-corrected chi connectivity index (χ1v) is 8.02. The van der Waals surface area contributed by atoms with Crippen LogP contribution in [0.15, 0.2) is 48.7 Å². The molecule has 2 aromatic heterocycles. The number of amides is 1. The van der Waals surface area contributed by atoms with Crippen LogP contribution in [0, 0.1) is 0 Å². The van der Waals surface area contributed by atoms with E-state index in [1.807, 2.05) is 4.40 Å². The Balaban J connectivity index is 1.64. The molecule has 0 radical (unpaired) electrons. The van der Waals surface area contributed by atoms with Crippen LogP contribution in [0.25, 0.3) is 15.2 Å². The van der Waals surface area contributed by atoms with E-state index in [-0.39, 0.29) is 11.7 Å². The topological polar surface area (TPSA) is 75.9 Å². The van der Waals surface area contributed by atoms with Gasteiger partial charge >= 0.3 is 0 Å². The van der Waals surface area contributed by atoms with Gasteiger partial charge < -0.3 is 15.2 Å². The smallest absolute Gasteiger partial charge is 0.275 e. The Labute approximate surface area is 140 Å². The predicted octanol–water partition coefficient (Wildman–Crippen LogP) is 3.52. The lowest BCUT2D eigenvalue weighted by molar-refractivity contribution is 0.102. The van der Waals surface area contributed by atoms with E-state index in [9.17, 15) is 9.90 Å². The normalized spacial score (nSPS) is 11.0. The zero-order valence-corrected chi connectivity index (χ0v) is 13.5. The molecule has 0 spiro atoms. The molecule has 0 aliphatic carbocycles. The summed E-state index contributed by atoms with van der Waals surface area (Å²) in [5, 5.41) is 12.4. The van der Waals surface area contributed by atoms with Crippen molar-refractivity contribution in [2.75, 3.05) is 12.4 Å². The van der Waals surface area contributed by atoms with Crippen LogP contribution in [0.4, 0.5) is 5.69 Å². The lowest BCUT2D eigenvalue weighted by Crippen LogP contribution is -2.12. The number of thiazole rings is 1. The van der Waals surface area contributed by atoms with Gasteiger partial charge in [-0.2, -0.15) is 0 Å². The second-order valence-electron chi connectivity index (χ2n) is 5.22. The van der Waals surface area contributed by atoms with E-state index >= 15 is 0 Å². The number of anilines is 1. The van der Waals surface area contributed by atoms with Crippen LogP contribution in [-0.2, 0) is 0 Å². The lowest BCUT2D eigenvalue weighted by Gasteiger charge is -2.04. The highest BCUT2D eigenvalue weighted by atomic mass is 32.1. The van der Waals surface area contributed by atoms with E-state index in [0.717, 1.165) is 16.0 Å². The molecule has 6 nitrogen and oxygen atoms in total. The van der Waals surface area contributed by atoms with Gasteiger partial charge in [0.05, 0.1) is 17.3 Å². The number of rotatable bonds is 3. The molecule has 0 unspecified atom stereocenters. The summed E-state index contributed by atoms with van der Waals surface area (Å²) in [7, 11) is 1.59. The van der Waals surface area contributed by atoms with Gasteiger partial charge in [-0.3, -0.25) is 9.20 Å². The molecule has 1 amide bonds. The molecule has 24 heavy (non-hydrogen) atoms. The zero-order valence-electron chi connectivity index (χ0n) is 12.7. The van der Waals surface area contributed by atoms with Crippen molar-refractivity contribution in [2.45, 2.75) is 0 Å². The lowest BCUT2D eigenvalue weighted by atomic mass is 10.3. The molecule has 0 aliphatic rings. The molecule has 0 bridgehead atoms. The number of imidazole rings is 1. The van der Waals surface area contributed by atoms with Crippen molar-refractivity contribution in [1.29, 1.82) is 0 Å². The van der Waals surface area contributed by atoms with Gasteiger partial charge in [0.1, 0.15) is 17.2 Å². The van der Waals surface area contributed by atoms with Crippen LogP contribution in [0.2, 0.25) is 0 Å². The Morgan fingerprint density at radius 2 is 2.04 bits per heavy atom. The van der Waals surface area contributed by atoms with E-state index < -0.39 is 0 Å². The summed E-state index contributed by atoms with van der Waals surface area (Å²) < 4.78 is 7.86. The molecular formula is C17H13N3O3S. The number of phenols is 1. The van der Waals surface area contributed by atoms with Crippen molar-refractivity contribution in [3.63, 3.8) is 0 Å². The zero-order chi connectivity index (χ0) is 16.7. The fraction of sp³-hybridized carbons (Fsp3) is 0.0588. The molecule has 4 aromatic rings. The Hall–Kier alpha value is -3.06. The standard InChI is InChI=1S/C17H13N3O3S/c1-23-12-5-2-10(3-6-12)18-16(22)13-9-20-14-7-4-11(21)8-15(14)24-17(20)19-13/h2-9,21H,1H3,(H,18,22). The third-order valence-electron chi connectivity index (χ3n) is 3.66. The van der Waals surface area contributed by atoms with Gasteiger partial charge in [-0.15, -0.1) is 0 Å². The van der Waals surface area contributed by atoms with Crippen molar-refractivity contribution in [3.05, 3.63) is 54.4 Å². The maximum absolute atomic E-state index is 12.4. The molecule has 0 atom stereocenters.